The fourth-order valence-electron chi connectivity index (χ4n) is 0. The van der Waals surface area contributed by atoms with E-state index in [9.17, 15) is 0 Å². The van der Waals surface area contributed by atoms with Gasteiger partial charge in [0, 0.05) is 0 Å². The van der Waals surface area contributed by atoms with Crippen LogP contribution in [0.2, 0.25) is 0 Å². The Morgan fingerprint density at radius 3 is 0.357 bits per heavy atom. The Hall–Kier alpha value is -1.77. The first-order chi connectivity index (χ1) is 6.00. The van der Waals surface area contributed by atoms with Crippen LogP contribution >= 0.6 is 0 Å². The van der Waals surface area contributed by atoms with E-state index >= 15 is 0 Å². The number of hydrogen-bond acceptors (Lipinski definition) is 6. The largest absolute Gasteiger partial charge is 4.00 e. The van der Waals surface area contributed by atoms with Gasteiger partial charge in [-0.25, -0.2) is 0 Å². The minimum absolute atomic E-state index is 0. The molecule has 0 heterocycles. The topological polar surface area (TPSA) is 143 Å². The predicted molar refractivity (Wildman–Crippen MR) is 35.6 cm³/mol. The number of nitrogens with zero attached hydrogens (tertiary/aromatic N) is 6. The van der Waals surface area contributed by atoms with E-state index in [1.54, 1.807) is 0 Å². The second kappa shape index (κ2) is 373. The Kier molecular flexibility index (Phi) is 2300. The monoisotopic (exact) mass is 236 g/mol. The van der Waals surface area contributed by atoms with Crippen LogP contribution in [0.3, 0.4) is 0 Å². The molecule has 64 valence electrons. The van der Waals surface area contributed by atoms with Crippen molar-refractivity contribution >= 4 is 23.1 Å². The molecule has 0 bridgehead atoms. The second-order valence-corrected chi connectivity index (χ2v) is 0. The van der Waals surface area contributed by atoms with Gasteiger partial charge in [0.25, 0.3) is 0 Å². The van der Waals surface area contributed by atoms with Gasteiger partial charge in [-0.2, -0.15) is 0 Å². The average Bonchev–Trinajstić information content (AvgIpc) is 2.33. The number of hydrogen-bond donors (Lipinski definition) is 0. The Balaban J connectivity index is -0.00000000500. The van der Waals surface area contributed by atoms with E-state index in [0.29, 0.717) is 0 Å². The minimum atomic E-state index is 0. The van der Waals surface area contributed by atoms with Crippen molar-refractivity contribution in [1.29, 1.82) is 31.6 Å². The zero-order valence-corrected chi connectivity index (χ0v) is 9.26. The second-order valence-electron chi connectivity index (χ2n) is 0. The van der Waals surface area contributed by atoms with Crippen LogP contribution in [-0.2, 0) is 17.1 Å². The third-order valence-electron chi connectivity index (χ3n) is 0. The van der Waals surface area contributed by atoms with Gasteiger partial charge in [0.15, 0.2) is 0 Å². The van der Waals surface area contributed by atoms with Gasteiger partial charge in [0.2, 0.25) is 0 Å². The first kappa shape index (κ1) is 86.3. The molecule has 0 aliphatic carbocycles. The van der Waals surface area contributed by atoms with E-state index in [1.165, 1.54) is 0 Å². The van der Waals surface area contributed by atoms with E-state index in [4.69, 9.17) is 71.0 Å². The van der Waals surface area contributed by atoms with Gasteiger partial charge in [0.1, 0.15) is 0 Å². The van der Waals surface area contributed by atoms with Gasteiger partial charge in [-0.05, 0) is 0 Å². The molecule has 0 amide bonds. The van der Waals surface area contributed by atoms with Crippen molar-refractivity contribution in [1.82, 2.24) is 0 Å². The third kappa shape index (κ3) is 276. The summed E-state index contributed by atoms with van der Waals surface area (Å²) in [6, 6.07) is 0. The molecule has 0 unspecified atom stereocenters. The predicted octanol–water partition coefficient (Wildman–Crippen LogP) is 0.195. The summed E-state index contributed by atoms with van der Waals surface area (Å²) in [4.78, 5) is 0. The van der Waals surface area contributed by atoms with Crippen molar-refractivity contribution < 1.29 is 17.1 Å². The van der Waals surface area contributed by atoms with E-state index in [1.807, 2.05) is 0 Å². The van der Waals surface area contributed by atoms with Gasteiger partial charge >= 0.3 is 40.1 Å². The van der Waals surface area contributed by atoms with Crippen LogP contribution in [0.15, 0.2) is 0 Å². The maximum absolute atomic E-state index is 6.25. The molecule has 0 aromatic heterocycles. The van der Waals surface area contributed by atoms with E-state index in [-0.39, 0.29) is 40.1 Å². The van der Waals surface area contributed by atoms with Gasteiger partial charge in [-0.3, -0.25) is 0 Å². The molecule has 0 radical (unpaired) electrons. The fraction of sp³-hybridized carbons (Fsp3) is 0. The third-order valence-corrected chi connectivity index (χ3v) is 0. The zero-order valence-electron chi connectivity index (χ0n) is 6.74. The molecule has 0 rings (SSSR count). The zero-order chi connectivity index (χ0) is 12.0. The molecule has 0 aliphatic heterocycles. The summed E-state index contributed by atoms with van der Waals surface area (Å²) in [6.45, 7) is 28.5. The van der Waals surface area contributed by atoms with Crippen LogP contribution in [0.25, 0.3) is 0 Å². The van der Waals surface area contributed by atoms with Crippen LogP contribution in [0.5, 0.6) is 0 Å². The minimum Gasteiger partial charge on any atom is -0.512 e. The van der Waals surface area contributed by atoms with Gasteiger partial charge in [0.05, 0.1) is 0 Å². The van der Waals surface area contributed by atoms with Crippen molar-refractivity contribution in [3.05, 3.63) is 39.4 Å². The molecule has 0 saturated heterocycles. The maximum atomic E-state index is 6.25. The summed E-state index contributed by atoms with van der Waals surface area (Å²) in [7, 11) is 0. The Morgan fingerprint density at radius 1 is 0.357 bits per heavy atom. The van der Waals surface area contributed by atoms with Gasteiger partial charge in [-0.1, -0.05) is 0 Å². The van der Waals surface area contributed by atoms with Gasteiger partial charge in [-0.15, -0.1) is 0 Å². The normalized spacial score (nSPS) is 0.857. The van der Waals surface area contributed by atoms with Crippen molar-refractivity contribution in [3.8, 4) is 0 Å². The van der Waals surface area contributed by atoms with Crippen molar-refractivity contribution in [2.24, 2.45) is 0 Å². The molecule has 0 aliphatic rings. The Labute approximate surface area is 111 Å². The van der Waals surface area contributed by atoms with E-state index in [0.717, 1.165) is 0 Å². The average molecular weight is 236 g/mol. The van der Waals surface area contributed by atoms with Crippen LogP contribution in [0.1, 0.15) is 0 Å². The molecular weight excluding hydrogens is 236 g/mol. The van der Waals surface area contributed by atoms with Crippen LogP contribution in [-0.4, -0.2) is 23.1 Å². The molecule has 6 nitrogen and oxygen atoms in total. The summed E-state index contributed by atoms with van der Waals surface area (Å²) in [5.41, 5.74) is 0. The summed E-state index contributed by atoms with van der Waals surface area (Å²) in [6.07, 6.45) is 0. The molecule has 0 aromatic carbocycles. The summed E-state index contributed by atoms with van der Waals surface area (Å²) in [5, 5.41) is 37.5. The molecule has 0 atom stereocenters. The van der Waals surface area contributed by atoms with Crippen LogP contribution in [0, 0.1) is 71.0 Å². The fourth-order valence-corrected chi connectivity index (χ4v) is 0. The molecule has 0 N–H and O–H groups in total. The van der Waals surface area contributed by atoms with Crippen molar-refractivity contribution in [3.63, 3.8) is 0 Å². The molecule has 8 heteroatoms. The Morgan fingerprint density at radius 2 is 0.357 bits per heavy atom. The maximum Gasteiger partial charge on any atom is 4.00 e. The summed E-state index contributed by atoms with van der Waals surface area (Å²) >= 11 is 0. The molecule has 0 aromatic rings. The van der Waals surface area contributed by atoms with E-state index < -0.39 is 0 Å². The SMILES string of the molecule is [C-]#N.[C-]#N.[C-]#N.[C-]#N.[C-]#N.[C-]#N.[Fe+4].[Mg+2]. The van der Waals surface area contributed by atoms with Crippen LogP contribution < -0.4 is 0 Å². The number of rotatable bonds is 0. The smallest absolute Gasteiger partial charge is 0.512 e. The Bertz CT molecular complexity index is 97.3. The molecule has 0 saturated carbocycles. The van der Waals surface area contributed by atoms with Crippen molar-refractivity contribution in [2.75, 3.05) is 0 Å². The standard InChI is InChI=1S/6CN.Fe.Mg/c6*1-2;;/q6*-1;+4;+2. The van der Waals surface area contributed by atoms with E-state index in [2.05, 4.69) is 0 Å². The quantitative estimate of drug-likeness (QED) is 0.434. The molecule has 0 fully saturated rings. The first-order valence-electron chi connectivity index (χ1n) is 1.34. The molecule has 14 heavy (non-hydrogen) atoms. The summed E-state index contributed by atoms with van der Waals surface area (Å²) in [5.74, 6) is 0. The first-order valence-corrected chi connectivity index (χ1v) is 1.34. The summed E-state index contributed by atoms with van der Waals surface area (Å²) < 4.78 is 0. The van der Waals surface area contributed by atoms with Gasteiger partial charge < -0.3 is 71.0 Å². The molecular formula is C6FeMgN6. The van der Waals surface area contributed by atoms with Crippen LogP contribution in [0.4, 0.5) is 0 Å². The molecule has 0 spiro atoms. The van der Waals surface area contributed by atoms with Crippen molar-refractivity contribution in [2.45, 2.75) is 0 Å².